The summed E-state index contributed by atoms with van der Waals surface area (Å²) in [4.78, 5) is 30.1. The van der Waals surface area contributed by atoms with Crippen molar-refractivity contribution in [1.29, 1.82) is 0 Å². The summed E-state index contributed by atoms with van der Waals surface area (Å²) in [6.45, 7) is 5.80. The lowest BCUT2D eigenvalue weighted by Gasteiger charge is -2.32. The average Bonchev–Trinajstić information content (AvgIpc) is 3.22. The number of rotatable bonds is 7. The summed E-state index contributed by atoms with van der Waals surface area (Å²) in [7, 11) is 1.45. The van der Waals surface area contributed by atoms with Gasteiger partial charge in [-0.05, 0) is 44.5 Å². The van der Waals surface area contributed by atoms with Crippen molar-refractivity contribution in [3.05, 3.63) is 53.8 Å². The molecule has 2 N–H and O–H groups in total. The molecule has 0 radical (unpaired) electrons. The monoisotopic (exact) mass is 457 g/mol. The number of ether oxygens (including phenoxy) is 1. The van der Waals surface area contributed by atoms with Gasteiger partial charge in [-0.1, -0.05) is 29.4 Å². The van der Waals surface area contributed by atoms with E-state index in [1.807, 2.05) is 26.8 Å². The van der Waals surface area contributed by atoms with E-state index in [0.717, 1.165) is 0 Å². The molecule has 176 valence electrons. The van der Waals surface area contributed by atoms with Crippen LogP contribution in [0.2, 0.25) is 0 Å². The van der Waals surface area contributed by atoms with E-state index < -0.39 is 23.4 Å². The molecule has 0 bridgehead atoms. The minimum Gasteiger partial charge on any atom is -0.489 e. The van der Waals surface area contributed by atoms with Gasteiger partial charge < -0.3 is 20.0 Å². The van der Waals surface area contributed by atoms with E-state index >= 15 is 0 Å². The van der Waals surface area contributed by atoms with Crippen LogP contribution >= 0.6 is 0 Å². The van der Waals surface area contributed by atoms with Gasteiger partial charge in [0.1, 0.15) is 18.2 Å². The van der Waals surface area contributed by atoms with Crippen LogP contribution < -0.4 is 10.1 Å². The minimum atomic E-state index is -1.02. The van der Waals surface area contributed by atoms with Gasteiger partial charge in [-0.15, -0.1) is 0 Å². The number of nitrogens with one attached hydrogen (secondary N) is 1. The number of para-hydroxylation sites is 1. The van der Waals surface area contributed by atoms with Gasteiger partial charge in [0.2, 0.25) is 0 Å². The molecule has 1 unspecified atom stereocenters. The van der Waals surface area contributed by atoms with E-state index in [9.17, 15) is 19.1 Å². The molecule has 0 spiro atoms. The van der Waals surface area contributed by atoms with E-state index in [-0.39, 0.29) is 24.8 Å². The number of hydrogen-bond donors (Lipinski definition) is 2. The lowest BCUT2D eigenvalue weighted by Crippen LogP contribution is -2.47. The van der Waals surface area contributed by atoms with Crippen LogP contribution in [0.1, 0.15) is 37.6 Å². The zero-order chi connectivity index (χ0) is 24.2. The second-order valence-corrected chi connectivity index (χ2v) is 8.71. The highest BCUT2D eigenvalue weighted by atomic mass is 19.1. The molecule has 0 fully saturated rings. The zero-order valence-corrected chi connectivity index (χ0v) is 19.1. The maximum atomic E-state index is 14.4. The molecule has 1 aliphatic heterocycles. The molecular formula is C24H28FN3O5. The van der Waals surface area contributed by atoms with Gasteiger partial charge in [-0.3, -0.25) is 9.69 Å². The van der Waals surface area contributed by atoms with Crippen molar-refractivity contribution in [1.82, 2.24) is 10.2 Å². The highest BCUT2D eigenvalue weighted by Crippen LogP contribution is 2.31. The maximum Gasteiger partial charge on any atom is 0.408 e. The summed E-state index contributed by atoms with van der Waals surface area (Å²) < 4.78 is 20.4. The van der Waals surface area contributed by atoms with Crippen LogP contribution in [0.4, 0.5) is 9.18 Å². The number of carbonyl (C=O) groups is 2. The molecule has 1 heterocycles. The van der Waals surface area contributed by atoms with Gasteiger partial charge in [0, 0.05) is 24.6 Å². The molecule has 0 saturated carbocycles. The van der Waals surface area contributed by atoms with E-state index in [2.05, 4.69) is 10.5 Å². The summed E-state index contributed by atoms with van der Waals surface area (Å²) in [5.41, 5.74) is 1.27. The first-order valence-corrected chi connectivity index (χ1v) is 10.6. The number of halogens is 1. The number of carbonyl (C=O) groups excluding carboxylic acids is 1. The maximum absolute atomic E-state index is 14.4. The number of nitrogens with zero attached hydrogens (tertiary/aromatic N) is 2. The first kappa shape index (κ1) is 24.0. The molecule has 2 amide bonds. The van der Waals surface area contributed by atoms with Crippen LogP contribution in [0, 0.1) is 5.82 Å². The normalized spacial score (nSPS) is 15.4. The fourth-order valence-electron chi connectivity index (χ4n) is 3.46. The molecule has 0 saturated heterocycles. The van der Waals surface area contributed by atoms with Gasteiger partial charge >= 0.3 is 6.09 Å². The quantitative estimate of drug-likeness (QED) is 0.651. The average molecular weight is 458 g/mol. The van der Waals surface area contributed by atoms with Crippen LogP contribution in [0.25, 0.3) is 11.1 Å². The second-order valence-electron chi connectivity index (χ2n) is 8.71. The van der Waals surface area contributed by atoms with Crippen molar-refractivity contribution in [2.75, 3.05) is 20.2 Å². The van der Waals surface area contributed by atoms with Crippen LogP contribution in [-0.4, -0.2) is 59.6 Å². The van der Waals surface area contributed by atoms with Crippen LogP contribution in [-0.2, 0) is 4.84 Å². The first-order chi connectivity index (χ1) is 15.6. The van der Waals surface area contributed by atoms with Crippen molar-refractivity contribution in [2.24, 2.45) is 5.16 Å². The Labute approximate surface area is 192 Å². The van der Waals surface area contributed by atoms with Gasteiger partial charge in [0.15, 0.2) is 6.10 Å². The molecule has 9 heteroatoms. The Morgan fingerprint density at radius 2 is 2.00 bits per heavy atom. The molecule has 2 aromatic carbocycles. The number of benzene rings is 2. The van der Waals surface area contributed by atoms with Crippen LogP contribution in [0.3, 0.4) is 0 Å². The van der Waals surface area contributed by atoms with E-state index in [0.29, 0.717) is 29.0 Å². The molecule has 0 aliphatic carbocycles. The lowest BCUT2D eigenvalue weighted by atomic mass is 10.0. The third-order valence-electron chi connectivity index (χ3n) is 5.24. The molecule has 1 aliphatic rings. The fraction of sp³-hybridized carbons (Fsp3) is 0.375. The summed E-state index contributed by atoms with van der Waals surface area (Å²) >= 11 is 0. The highest BCUT2D eigenvalue weighted by Gasteiger charge is 2.31. The first-order valence-electron chi connectivity index (χ1n) is 10.6. The van der Waals surface area contributed by atoms with Crippen molar-refractivity contribution < 1.29 is 28.7 Å². The Hall–Kier alpha value is -3.62. The summed E-state index contributed by atoms with van der Waals surface area (Å²) in [5, 5.41) is 15.9. The Morgan fingerprint density at radius 1 is 1.27 bits per heavy atom. The summed E-state index contributed by atoms with van der Waals surface area (Å²) in [6, 6.07) is 11.6. The molecule has 3 rings (SSSR count). The van der Waals surface area contributed by atoms with E-state index in [1.165, 1.54) is 24.1 Å². The van der Waals surface area contributed by atoms with Gasteiger partial charge in [-0.2, -0.15) is 0 Å². The molecule has 2 aromatic rings. The zero-order valence-electron chi connectivity index (χ0n) is 19.1. The third-order valence-corrected chi connectivity index (χ3v) is 5.24. The second kappa shape index (κ2) is 9.89. The number of amides is 2. The van der Waals surface area contributed by atoms with Crippen molar-refractivity contribution in [2.45, 2.75) is 38.8 Å². The Kier molecular flexibility index (Phi) is 7.20. The summed E-state index contributed by atoms with van der Waals surface area (Å²) in [6.07, 6.45) is -0.943. The Bertz CT molecular complexity index is 1060. The molecular weight excluding hydrogens is 429 g/mol. The van der Waals surface area contributed by atoms with Crippen LogP contribution in [0.15, 0.2) is 47.6 Å². The highest BCUT2D eigenvalue weighted by molar-refractivity contribution is 5.95. The fourth-order valence-corrected chi connectivity index (χ4v) is 3.46. The van der Waals surface area contributed by atoms with Gasteiger partial charge in [-0.25, -0.2) is 9.18 Å². The van der Waals surface area contributed by atoms with E-state index in [4.69, 9.17) is 9.57 Å². The topological polar surface area (TPSA) is 100 Å². The number of hydrogen-bond acceptors (Lipinski definition) is 5. The van der Waals surface area contributed by atoms with Crippen molar-refractivity contribution in [3.8, 4) is 16.9 Å². The molecule has 8 nitrogen and oxygen atoms in total. The van der Waals surface area contributed by atoms with E-state index in [1.54, 1.807) is 24.3 Å². The molecule has 1 atom stereocenters. The number of carboxylic acid groups (broad SMARTS) is 1. The van der Waals surface area contributed by atoms with Crippen molar-refractivity contribution in [3.63, 3.8) is 0 Å². The van der Waals surface area contributed by atoms with Gasteiger partial charge in [0.05, 0.1) is 17.8 Å². The Morgan fingerprint density at radius 3 is 2.64 bits per heavy atom. The Balaban J connectivity index is 1.66. The largest absolute Gasteiger partial charge is 0.489 e. The predicted molar refractivity (Wildman–Crippen MR) is 122 cm³/mol. The van der Waals surface area contributed by atoms with Crippen molar-refractivity contribution >= 4 is 17.7 Å². The van der Waals surface area contributed by atoms with Crippen LogP contribution in [0.5, 0.6) is 5.75 Å². The molecule has 0 aromatic heterocycles. The lowest BCUT2D eigenvalue weighted by molar-refractivity contribution is 0.0472. The smallest absolute Gasteiger partial charge is 0.408 e. The standard InChI is InChI=1S/C24H28FN3O5/c1-24(2,3)28(23(30)31)13-16-12-17(33-27-16)14-32-21-8-6-5-7-18(21)15-9-10-19(20(25)11-15)22(29)26-4/h5-11,17H,12-14H2,1-4H3,(H,26,29)(H,30,31). The third kappa shape index (κ3) is 5.79. The van der Waals surface area contributed by atoms with Gasteiger partial charge in [0.25, 0.3) is 5.91 Å². The SMILES string of the molecule is CNC(=O)c1ccc(-c2ccccc2OCC2CC(CN(C(=O)O)C(C)(C)C)=NO2)cc1F. The number of oxime groups is 1. The predicted octanol–water partition coefficient (Wildman–Crippen LogP) is 4.15. The molecule has 33 heavy (non-hydrogen) atoms. The minimum absolute atomic E-state index is 0.0330. The summed E-state index contributed by atoms with van der Waals surface area (Å²) in [5.74, 6) is -0.588.